The summed E-state index contributed by atoms with van der Waals surface area (Å²) in [5, 5.41) is 0. The molecule has 1 aromatic rings. The van der Waals surface area contributed by atoms with Crippen molar-refractivity contribution in [2.24, 2.45) is 5.73 Å². The van der Waals surface area contributed by atoms with Crippen LogP contribution in [0.15, 0.2) is 24.3 Å². The molecule has 17 heavy (non-hydrogen) atoms. The molecule has 0 aliphatic carbocycles. The van der Waals surface area contributed by atoms with Gasteiger partial charge in [0.25, 0.3) is 0 Å². The summed E-state index contributed by atoms with van der Waals surface area (Å²) in [4.78, 5) is 0. The third-order valence-corrected chi connectivity index (χ3v) is 3.98. The molecule has 0 spiro atoms. The number of benzene rings is 1. The number of nitrogens with two attached hydrogens (primary N) is 1. The summed E-state index contributed by atoms with van der Waals surface area (Å²) >= 11 is 0. The van der Waals surface area contributed by atoms with E-state index in [4.69, 9.17) is 10.5 Å². The molecule has 0 saturated heterocycles. The van der Waals surface area contributed by atoms with Gasteiger partial charge in [0.05, 0.1) is 6.61 Å². The SMILES string of the molecule is CCCS(=O)CCCOc1ccc(CN)cc1. The molecule has 96 valence electrons. The smallest absolute Gasteiger partial charge is 0.119 e. The molecule has 0 aliphatic rings. The zero-order valence-electron chi connectivity index (χ0n) is 10.4. The zero-order valence-corrected chi connectivity index (χ0v) is 11.2. The van der Waals surface area contributed by atoms with Crippen LogP contribution >= 0.6 is 0 Å². The highest BCUT2D eigenvalue weighted by Crippen LogP contribution is 2.11. The molecule has 2 N–H and O–H groups in total. The van der Waals surface area contributed by atoms with Gasteiger partial charge in [-0.2, -0.15) is 0 Å². The van der Waals surface area contributed by atoms with Gasteiger partial charge in [-0.1, -0.05) is 19.1 Å². The predicted molar refractivity (Wildman–Crippen MR) is 72.6 cm³/mol. The van der Waals surface area contributed by atoms with Gasteiger partial charge in [-0.3, -0.25) is 4.21 Å². The Balaban J connectivity index is 2.19. The van der Waals surface area contributed by atoms with Gasteiger partial charge in [0, 0.05) is 28.9 Å². The van der Waals surface area contributed by atoms with Crippen molar-refractivity contribution >= 4 is 10.8 Å². The Kier molecular flexibility index (Phi) is 6.89. The van der Waals surface area contributed by atoms with Crippen molar-refractivity contribution in [3.8, 4) is 5.75 Å². The Labute approximate surface area is 106 Å². The van der Waals surface area contributed by atoms with Gasteiger partial charge in [-0.25, -0.2) is 0 Å². The van der Waals surface area contributed by atoms with Crippen LogP contribution in [-0.4, -0.2) is 22.3 Å². The summed E-state index contributed by atoms with van der Waals surface area (Å²) in [6.07, 6.45) is 1.82. The molecule has 1 unspecified atom stereocenters. The number of hydrogen-bond donors (Lipinski definition) is 1. The zero-order chi connectivity index (χ0) is 12.5. The summed E-state index contributed by atoms with van der Waals surface area (Å²) in [6, 6.07) is 7.77. The van der Waals surface area contributed by atoms with E-state index in [2.05, 4.69) is 0 Å². The van der Waals surface area contributed by atoms with Crippen molar-refractivity contribution in [1.29, 1.82) is 0 Å². The summed E-state index contributed by atoms with van der Waals surface area (Å²) in [5.74, 6) is 2.38. The van der Waals surface area contributed by atoms with E-state index in [0.29, 0.717) is 13.2 Å². The Morgan fingerprint density at radius 3 is 2.53 bits per heavy atom. The third-order valence-electron chi connectivity index (χ3n) is 2.38. The maximum Gasteiger partial charge on any atom is 0.119 e. The van der Waals surface area contributed by atoms with Gasteiger partial charge < -0.3 is 10.5 Å². The van der Waals surface area contributed by atoms with E-state index < -0.39 is 10.8 Å². The fraction of sp³-hybridized carbons (Fsp3) is 0.538. The second-order valence-corrected chi connectivity index (χ2v) is 5.59. The van der Waals surface area contributed by atoms with E-state index in [-0.39, 0.29) is 0 Å². The van der Waals surface area contributed by atoms with E-state index in [9.17, 15) is 4.21 Å². The molecule has 0 aromatic heterocycles. The van der Waals surface area contributed by atoms with Crippen LogP contribution in [0, 0.1) is 0 Å². The topological polar surface area (TPSA) is 52.3 Å². The minimum Gasteiger partial charge on any atom is -0.494 e. The first-order valence-electron chi connectivity index (χ1n) is 6.03. The quantitative estimate of drug-likeness (QED) is 0.724. The van der Waals surface area contributed by atoms with Crippen molar-refractivity contribution in [2.45, 2.75) is 26.3 Å². The lowest BCUT2D eigenvalue weighted by atomic mass is 10.2. The Morgan fingerprint density at radius 1 is 1.24 bits per heavy atom. The first-order valence-corrected chi connectivity index (χ1v) is 7.52. The minimum absolute atomic E-state index is 0.552. The van der Waals surface area contributed by atoms with E-state index >= 15 is 0 Å². The van der Waals surface area contributed by atoms with E-state index in [1.165, 1.54) is 0 Å². The van der Waals surface area contributed by atoms with E-state index in [0.717, 1.165) is 35.7 Å². The molecule has 4 heteroatoms. The summed E-state index contributed by atoms with van der Waals surface area (Å²) in [5.41, 5.74) is 6.61. The summed E-state index contributed by atoms with van der Waals surface area (Å²) in [7, 11) is -0.680. The Bertz CT molecular complexity index is 338. The van der Waals surface area contributed by atoms with Crippen LogP contribution in [0.4, 0.5) is 0 Å². The first-order chi connectivity index (χ1) is 8.26. The highest BCUT2D eigenvalue weighted by atomic mass is 32.2. The van der Waals surface area contributed by atoms with Crippen LogP contribution in [0.1, 0.15) is 25.3 Å². The maximum atomic E-state index is 11.4. The molecule has 0 fully saturated rings. The normalized spacial score (nSPS) is 12.4. The average Bonchev–Trinajstić information content (AvgIpc) is 2.36. The lowest BCUT2D eigenvalue weighted by Gasteiger charge is -2.06. The number of hydrogen-bond acceptors (Lipinski definition) is 3. The Hall–Kier alpha value is -0.870. The Morgan fingerprint density at radius 2 is 1.94 bits per heavy atom. The molecule has 1 atom stereocenters. The highest BCUT2D eigenvalue weighted by Gasteiger charge is 1.99. The largest absolute Gasteiger partial charge is 0.494 e. The lowest BCUT2D eigenvalue weighted by molar-refractivity contribution is 0.318. The van der Waals surface area contributed by atoms with Gasteiger partial charge >= 0.3 is 0 Å². The second-order valence-electron chi connectivity index (χ2n) is 3.90. The molecule has 0 heterocycles. The standard InChI is InChI=1S/C13H21NO2S/c1-2-9-17(15)10-3-8-16-13-6-4-12(11-14)5-7-13/h4-7H,2-3,8-11,14H2,1H3. The minimum atomic E-state index is -0.680. The van der Waals surface area contributed by atoms with Crippen molar-refractivity contribution < 1.29 is 8.95 Å². The molecular weight excluding hydrogens is 234 g/mol. The van der Waals surface area contributed by atoms with Gasteiger partial charge in [-0.15, -0.1) is 0 Å². The van der Waals surface area contributed by atoms with E-state index in [1.54, 1.807) is 0 Å². The fourth-order valence-corrected chi connectivity index (χ4v) is 2.56. The summed E-state index contributed by atoms with van der Waals surface area (Å²) in [6.45, 7) is 3.22. The predicted octanol–water partition coefficient (Wildman–Crippen LogP) is 2.07. The molecule has 0 aliphatic heterocycles. The van der Waals surface area contributed by atoms with Crippen LogP contribution in [-0.2, 0) is 17.3 Å². The number of rotatable bonds is 8. The third kappa shape index (κ3) is 5.84. The van der Waals surface area contributed by atoms with Crippen LogP contribution in [0.3, 0.4) is 0 Å². The first kappa shape index (κ1) is 14.2. The van der Waals surface area contributed by atoms with Gasteiger partial charge in [0.2, 0.25) is 0 Å². The molecule has 0 amide bonds. The van der Waals surface area contributed by atoms with Gasteiger partial charge in [0.15, 0.2) is 0 Å². The second kappa shape index (κ2) is 8.25. The van der Waals surface area contributed by atoms with Gasteiger partial charge in [-0.05, 0) is 30.5 Å². The lowest BCUT2D eigenvalue weighted by Crippen LogP contribution is -2.07. The van der Waals surface area contributed by atoms with Crippen molar-refractivity contribution in [3.63, 3.8) is 0 Å². The fourth-order valence-electron chi connectivity index (χ4n) is 1.46. The average molecular weight is 255 g/mol. The molecule has 3 nitrogen and oxygen atoms in total. The monoisotopic (exact) mass is 255 g/mol. The molecule has 0 radical (unpaired) electrons. The summed E-state index contributed by atoms with van der Waals surface area (Å²) < 4.78 is 16.9. The maximum absolute atomic E-state index is 11.4. The van der Waals surface area contributed by atoms with Crippen LogP contribution in [0.25, 0.3) is 0 Å². The van der Waals surface area contributed by atoms with Gasteiger partial charge in [0.1, 0.15) is 5.75 Å². The van der Waals surface area contributed by atoms with Crippen LogP contribution in [0.5, 0.6) is 5.75 Å². The molecule has 0 saturated carbocycles. The van der Waals surface area contributed by atoms with Crippen molar-refractivity contribution in [3.05, 3.63) is 29.8 Å². The molecule has 1 rings (SSSR count). The number of ether oxygens (including phenoxy) is 1. The van der Waals surface area contributed by atoms with Crippen molar-refractivity contribution in [2.75, 3.05) is 18.1 Å². The molecular formula is C13H21NO2S. The van der Waals surface area contributed by atoms with Crippen molar-refractivity contribution in [1.82, 2.24) is 0 Å². The van der Waals surface area contributed by atoms with E-state index in [1.807, 2.05) is 31.2 Å². The van der Waals surface area contributed by atoms with Crippen LogP contribution in [0.2, 0.25) is 0 Å². The van der Waals surface area contributed by atoms with Crippen LogP contribution < -0.4 is 10.5 Å². The highest BCUT2D eigenvalue weighted by molar-refractivity contribution is 7.84. The molecule has 0 bridgehead atoms. The molecule has 1 aromatic carbocycles.